The van der Waals surface area contributed by atoms with E-state index in [0.29, 0.717) is 22.0 Å². The molecule has 0 unspecified atom stereocenters. The average molecular weight is 571 g/mol. The lowest BCUT2D eigenvalue weighted by Crippen LogP contribution is -2.21. The molecular weight excluding hydrogens is 548 g/mol. The van der Waals surface area contributed by atoms with Crippen LogP contribution in [0.4, 0.5) is 27.5 Å². The van der Waals surface area contributed by atoms with Crippen molar-refractivity contribution in [1.29, 1.82) is 0 Å². The first-order valence-corrected chi connectivity index (χ1v) is 14.5. The zero-order chi connectivity index (χ0) is 27.3. The van der Waals surface area contributed by atoms with Gasteiger partial charge in [0.05, 0.1) is 9.79 Å². The molecule has 0 radical (unpaired) electrons. The Labute approximate surface area is 226 Å². The average Bonchev–Trinajstić information content (AvgIpc) is 2.87. The minimum Gasteiger partial charge on any atom is -0.308 e. The zero-order valence-electron chi connectivity index (χ0n) is 20.0. The Morgan fingerprint density at radius 3 is 1.87 bits per heavy atom. The largest absolute Gasteiger partial charge is 0.323 e. The molecule has 4 N–H and O–H groups in total. The maximum atomic E-state index is 13.0. The predicted octanol–water partition coefficient (Wildman–Crippen LogP) is 5.89. The number of nitrogens with one attached hydrogen (secondary N) is 4. The molecule has 4 aromatic rings. The minimum absolute atomic E-state index is 0.0228. The number of carbonyl (C=O) groups excluding carboxylic acids is 1. The Bertz CT molecular complexity index is 1680. The van der Waals surface area contributed by atoms with E-state index in [1.807, 2.05) is 0 Å². The highest BCUT2D eigenvalue weighted by Crippen LogP contribution is 2.24. The normalized spacial score (nSPS) is 11.4. The first-order chi connectivity index (χ1) is 18.0. The Morgan fingerprint density at radius 1 is 0.632 bits per heavy atom. The van der Waals surface area contributed by atoms with Crippen molar-refractivity contribution in [3.63, 3.8) is 0 Å². The fraction of sp³-hybridized carbons (Fsp3) is 0.0385. The number of sulfonamides is 2. The maximum Gasteiger partial charge on any atom is 0.323 e. The highest BCUT2D eigenvalue weighted by molar-refractivity contribution is 7.93. The lowest BCUT2D eigenvalue weighted by atomic mass is 10.2. The molecule has 0 bridgehead atoms. The number of benzene rings is 4. The number of para-hydroxylation sites is 1. The molecule has 4 aromatic carbocycles. The highest BCUT2D eigenvalue weighted by Gasteiger charge is 2.19. The van der Waals surface area contributed by atoms with E-state index in [0.717, 1.165) is 0 Å². The van der Waals surface area contributed by atoms with Crippen molar-refractivity contribution < 1.29 is 21.6 Å². The molecule has 0 aliphatic heterocycles. The highest BCUT2D eigenvalue weighted by atomic mass is 35.5. The second kappa shape index (κ2) is 11.1. The fourth-order valence-corrected chi connectivity index (χ4v) is 6.01. The van der Waals surface area contributed by atoms with Crippen LogP contribution in [-0.2, 0) is 20.0 Å². The van der Waals surface area contributed by atoms with E-state index >= 15 is 0 Å². The second-order valence-electron chi connectivity index (χ2n) is 8.17. The van der Waals surface area contributed by atoms with Gasteiger partial charge in [-0.2, -0.15) is 0 Å². The van der Waals surface area contributed by atoms with Crippen LogP contribution in [0.25, 0.3) is 0 Å². The van der Waals surface area contributed by atoms with Crippen LogP contribution in [0, 0.1) is 6.92 Å². The maximum absolute atomic E-state index is 13.0. The number of hydrogen-bond acceptors (Lipinski definition) is 5. The number of rotatable bonds is 8. The third-order valence-corrected chi connectivity index (χ3v) is 8.41. The summed E-state index contributed by atoms with van der Waals surface area (Å²) in [5, 5.41) is 5.61. The lowest BCUT2D eigenvalue weighted by Gasteiger charge is -2.14. The summed E-state index contributed by atoms with van der Waals surface area (Å²) in [6.45, 7) is 1.63. The first kappa shape index (κ1) is 27.0. The van der Waals surface area contributed by atoms with E-state index < -0.39 is 26.1 Å². The molecule has 4 rings (SSSR count). The van der Waals surface area contributed by atoms with Crippen molar-refractivity contribution in [3.05, 3.63) is 108 Å². The van der Waals surface area contributed by atoms with E-state index in [-0.39, 0.29) is 21.2 Å². The van der Waals surface area contributed by atoms with Crippen LogP contribution < -0.4 is 20.1 Å². The van der Waals surface area contributed by atoms with Crippen molar-refractivity contribution in [1.82, 2.24) is 0 Å². The molecule has 38 heavy (non-hydrogen) atoms. The minimum atomic E-state index is -3.96. The number of amides is 2. The summed E-state index contributed by atoms with van der Waals surface area (Å²) in [6, 6.07) is 24.1. The molecule has 0 fully saturated rings. The smallest absolute Gasteiger partial charge is 0.308 e. The number of carbonyl (C=O) groups is 1. The molecule has 0 heterocycles. The molecule has 196 valence electrons. The van der Waals surface area contributed by atoms with Gasteiger partial charge >= 0.3 is 6.03 Å². The van der Waals surface area contributed by atoms with Crippen LogP contribution in [0.1, 0.15) is 5.56 Å². The standard InChI is InChI=1S/C26H23ClN4O5S2/c1-18-10-13-23(17-25(18)38(35,36)31-21-14-11-19(27)12-15-21)29-26(32)28-22-8-5-9-24(16-22)37(33,34)30-20-6-3-2-4-7-20/h2-17,30-31H,1H3,(H2,28,29,32). The monoisotopic (exact) mass is 570 g/mol. The van der Waals surface area contributed by atoms with Crippen molar-refractivity contribution in [2.75, 3.05) is 20.1 Å². The van der Waals surface area contributed by atoms with Gasteiger partial charge in [-0.3, -0.25) is 9.44 Å². The van der Waals surface area contributed by atoms with Crippen LogP contribution in [0.15, 0.2) is 107 Å². The van der Waals surface area contributed by atoms with Crippen LogP contribution in [0.2, 0.25) is 5.02 Å². The van der Waals surface area contributed by atoms with Gasteiger partial charge in [0, 0.05) is 27.8 Å². The van der Waals surface area contributed by atoms with E-state index in [4.69, 9.17) is 11.6 Å². The second-order valence-corrected chi connectivity index (χ2v) is 11.9. The van der Waals surface area contributed by atoms with Crippen molar-refractivity contribution in [2.24, 2.45) is 0 Å². The number of urea groups is 1. The third kappa shape index (κ3) is 6.82. The molecule has 0 spiro atoms. The van der Waals surface area contributed by atoms with Crippen LogP contribution in [0.3, 0.4) is 0 Å². The summed E-state index contributed by atoms with van der Waals surface area (Å²) in [4.78, 5) is 12.6. The van der Waals surface area contributed by atoms with Gasteiger partial charge in [0.25, 0.3) is 20.0 Å². The van der Waals surface area contributed by atoms with Gasteiger partial charge in [-0.15, -0.1) is 0 Å². The Morgan fingerprint density at radius 2 is 1.18 bits per heavy atom. The molecule has 9 nitrogen and oxygen atoms in total. The van der Waals surface area contributed by atoms with Gasteiger partial charge in [0.2, 0.25) is 0 Å². The van der Waals surface area contributed by atoms with E-state index in [9.17, 15) is 21.6 Å². The molecule has 0 aliphatic carbocycles. The van der Waals surface area contributed by atoms with Crippen LogP contribution in [-0.4, -0.2) is 22.9 Å². The summed E-state index contributed by atoms with van der Waals surface area (Å²) in [7, 11) is -7.85. The lowest BCUT2D eigenvalue weighted by molar-refractivity contribution is 0.262. The van der Waals surface area contributed by atoms with Crippen molar-refractivity contribution in [2.45, 2.75) is 16.7 Å². The van der Waals surface area contributed by atoms with Gasteiger partial charge in [-0.1, -0.05) is 41.9 Å². The Balaban J connectivity index is 1.47. The van der Waals surface area contributed by atoms with Gasteiger partial charge in [0.15, 0.2) is 0 Å². The molecule has 0 aromatic heterocycles. The number of hydrogen-bond donors (Lipinski definition) is 4. The van der Waals surface area contributed by atoms with Crippen LogP contribution >= 0.6 is 11.6 Å². The molecule has 0 saturated carbocycles. The van der Waals surface area contributed by atoms with Crippen LogP contribution in [0.5, 0.6) is 0 Å². The molecule has 2 amide bonds. The number of aryl methyl sites for hydroxylation is 1. The number of anilines is 4. The number of halogens is 1. The molecule has 0 aliphatic rings. The van der Waals surface area contributed by atoms with Gasteiger partial charge in [0.1, 0.15) is 0 Å². The van der Waals surface area contributed by atoms with Gasteiger partial charge < -0.3 is 10.6 Å². The third-order valence-electron chi connectivity index (χ3n) is 5.26. The van der Waals surface area contributed by atoms with E-state index in [1.165, 1.54) is 42.5 Å². The molecule has 12 heteroatoms. The van der Waals surface area contributed by atoms with Crippen molar-refractivity contribution >= 4 is 60.4 Å². The molecular formula is C26H23ClN4O5S2. The van der Waals surface area contributed by atoms with Crippen molar-refractivity contribution in [3.8, 4) is 0 Å². The summed E-state index contributed by atoms with van der Waals surface area (Å²) in [5.74, 6) is 0. The fourth-order valence-electron chi connectivity index (χ4n) is 3.45. The topological polar surface area (TPSA) is 133 Å². The first-order valence-electron chi connectivity index (χ1n) is 11.2. The van der Waals surface area contributed by atoms with Gasteiger partial charge in [-0.05, 0) is 79.2 Å². The Hall–Kier alpha value is -4.06. The zero-order valence-corrected chi connectivity index (χ0v) is 22.4. The summed E-state index contributed by atoms with van der Waals surface area (Å²) >= 11 is 5.86. The quantitative estimate of drug-likeness (QED) is 0.209. The Kier molecular flexibility index (Phi) is 7.91. The summed E-state index contributed by atoms with van der Waals surface area (Å²) in [6.07, 6.45) is 0. The van der Waals surface area contributed by atoms with Gasteiger partial charge in [-0.25, -0.2) is 21.6 Å². The predicted molar refractivity (Wildman–Crippen MR) is 150 cm³/mol. The molecule has 0 saturated heterocycles. The molecule has 0 atom stereocenters. The summed E-state index contributed by atoms with van der Waals surface area (Å²) < 4.78 is 56.4. The SMILES string of the molecule is Cc1ccc(NC(=O)Nc2cccc(S(=O)(=O)Nc3ccccc3)c2)cc1S(=O)(=O)Nc1ccc(Cl)cc1. The summed E-state index contributed by atoms with van der Waals surface area (Å²) in [5.41, 5.74) is 1.66. The van der Waals surface area contributed by atoms with E-state index in [1.54, 1.807) is 61.5 Å². The van der Waals surface area contributed by atoms with E-state index in [2.05, 4.69) is 20.1 Å².